The first kappa shape index (κ1) is 21.5. The van der Waals surface area contributed by atoms with Crippen molar-refractivity contribution in [1.82, 2.24) is 18.9 Å². The Morgan fingerprint density at radius 3 is 2.12 bits per heavy atom. The fourth-order valence-corrected chi connectivity index (χ4v) is 6.51. The Kier molecular flexibility index (Phi) is 4.30. The summed E-state index contributed by atoms with van der Waals surface area (Å²) in [4.78, 5) is 9.33. The van der Waals surface area contributed by atoms with Crippen LogP contribution in [0.4, 0.5) is 0 Å². The van der Waals surface area contributed by atoms with Gasteiger partial charge in [-0.25, -0.2) is 4.98 Å². The lowest BCUT2D eigenvalue weighted by Gasteiger charge is -2.13. The summed E-state index contributed by atoms with van der Waals surface area (Å²) in [5.74, 6) is 0.897. The Balaban J connectivity index is 1.50. The second kappa shape index (κ2) is 8.01. The van der Waals surface area contributed by atoms with Gasteiger partial charge < -0.3 is 4.40 Å². The van der Waals surface area contributed by atoms with Crippen molar-refractivity contribution in [3.63, 3.8) is 0 Å². The molecule has 5 heterocycles. The van der Waals surface area contributed by atoms with Gasteiger partial charge in [-0.15, -0.1) is 0 Å². The zero-order valence-corrected chi connectivity index (χ0v) is 21.5. The molecule has 5 aromatic heterocycles. The van der Waals surface area contributed by atoms with Gasteiger partial charge in [-0.05, 0) is 53.9 Å². The summed E-state index contributed by atoms with van der Waals surface area (Å²) in [6, 6.07) is 43.3. The van der Waals surface area contributed by atoms with Crippen LogP contribution in [0.5, 0.6) is 0 Å². The summed E-state index contributed by atoms with van der Waals surface area (Å²) in [5.41, 5.74) is 7.94. The van der Waals surface area contributed by atoms with Crippen LogP contribution in [0.15, 0.2) is 134 Å². The Bertz CT molecular complexity index is 2430. The minimum atomic E-state index is 0.897. The highest BCUT2D eigenvalue weighted by Crippen LogP contribution is 2.41. The van der Waals surface area contributed by atoms with Crippen molar-refractivity contribution in [2.75, 3.05) is 0 Å². The van der Waals surface area contributed by atoms with E-state index in [1.807, 2.05) is 24.5 Å². The number of hydrogen-bond acceptors (Lipinski definition) is 2. The number of fused-ring (bicyclic) bond motifs is 12. The van der Waals surface area contributed by atoms with E-state index in [2.05, 4.69) is 123 Å². The number of pyridine rings is 3. The Hall–Kier alpha value is -5.48. The highest BCUT2D eigenvalue weighted by Gasteiger charge is 2.20. The maximum atomic E-state index is 5.15. The first-order valence-corrected chi connectivity index (χ1v) is 13.5. The molecule has 0 spiro atoms. The third kappa shape index (κ3) is 2.85. The summed E-state index contributed by atoms with van der Waals surface area (Å²) < 4.78 is 4.77. The normalized spacial score (nSPS) is 12.0. The average molecular weight is 511 g/mol. The van der Waals surface area contributed by atoms with Crippen LogP contribution in [-0.4, -0.2) is 18.9 Å². The van der Waals surface area contributed by atoms with Gasteiger partial charge in [0.25, 0.3) is 0 Å². The fourth-order valence-electron chi connectivity index (χ4n) is 6.51. The number of hydrogen-bond donors (Lipinski definition) is 0. The zero-order valence-electron chi connectivity index (χ0n) is 21.5. The van der Waals surface area contributed by atoms with E-state index < -0.39 is 0 Å². The second-order valence-electron chi connectivity index (χ2n) is 10.3. The lowest BCUT2D eigenvalue weighted by Crippen LogP contribution is -1.99. The minimum Gasteiger partial charge on any atom is -0.308 e. The van der Waals surface area contributed by atoms with Gasteiger partial charge in [-0.3, -0.25) is 9.55 Å². The number of rotatable bonds is 2. The van der Waals surface area contributed by atoms with Gasteiger partial charge in [0.1, 0.15) is 5.82 Å². The molecule has 0 fully saturated rings. The molecule has 9 aromatic rings. The topological polar surface area (TPSA) is 35.1 Å². The van der Waals surface area contributed by atoms with Crippen LogP contribution < -0.4 is 0 Å². The SMILES string of the molecule is c1cc(-c2ccncc2)nc(-n2c3ccccc3c3c2ccc2c4ccccc4c4cc5ccccc5n4c23)c1. The van der Waals surface area contributed by atoms with Crippen molar-refractivity contribution in [3.8, 4) is 17.1 Å². The highest BCUT2D eigenvalue weighted by atomic mass is 15.1. The molecule has 0 aliphatic rings. The molecule has 9 rings (SSSR count). The van der Waals surface area contributed by atoms with Gasteiger partial charge in [0.2, 0.25) is 0 Å². The van der Waals surface area contributed by atoms with Gasteiger partial charge in [-0.2, -0.15) is 0 Å². The molecule has 0 amide bonds. The maximum Gasteiger partial charge on any atom is 0.138 e. The Morgan fingerprint density at radius 2 is 1.25 bits per heavy atom. The summed E-state index contributed by atoms with van der Waals surface area (Å²) >= 11 is 0. The lowest BCUT2D eigenvalue weighted by atomic mass is 10.0. The van der Waals surface area contributed by atoms with Gasteiger partial charge in [0, 0.05) is 44.9 Å². The van der Waals surface area contributed by atoms with E-state index in [4.69, 9.17) is 4.98 Å². The van der Waals surface area contributed by atoms with Gasteiger partial charge in [0.15, 0.2) is 0 Å². The lowest BCUT2D eigenvalue weighted by molar-refractivity contribution is 1.08. The molecule has 0 bridgehead atoms. The van der Waals surface area contributed by atoms with Crippen molar-refractivity contribution in [1.29, 1.82) is 0 Å². The van der Waals surface area contributed by atoms with Crippen LogP contribution in [0.25, 0.3) is 77.0 Å². The van der Waals surface area contributed by atoms with E-state index in [0.717, 1.165) is 28.1 Å². The Labute approximate surface area is 229 Å². The fraction of sp³-hybridized carbons (Fsp3) is 0. The predicted molar refractivity (Wildman–Crippen MR) is 165 cm³/mol. The molecule has 186 valence electrons. The van der Waals surface area contributed by atoms with Crippen molar-refractivity contribution in [2.45, 2.75) is 0 Å². The summed E-state index contributed by atoms with van der Waals surface area (Å²) in [6.45, 7) is 0. The van der Waals surface area contributed by atoms with Crippen molar-refractivity contribution < 1.29 is 0 Å². The molecule has 4 nitrogen and oxygen atoms in total. The maximum absolute atomic E-state index is 5.15. The van der Waals surface area contributed by atoms with Gasteiger partial charge in [-0.1, -0.05) is 72.8 Å². The molecule has 4 heteroatoms. The number of aromatic nitrogens is 4. The molecule has 40 heavy (non-hydrogen) atoms. The first-order chi connectivity index (χ1) is 19.9. The number of benzene rings is 4. The second-order valence-corrected chi connectivity index (χ2v) is 10.3. The van der Waals surface area contributed by atoms with Crippen LogP contribution in [0.2, 0.25) is 0 Å². The molecular formula is C36H22N4. The van der Waals surface area contributed by atoms with E-state index in [-0.39, 0.29) is 0 Å². The molecule has 0 unspecified atom stereocenters. The van der Waals surface area contributed by atoms with E-state index in [0.29, 0.717) is 0 Å². The predicted octanol–water partition coefficient (Wildman–Crippen LogP) is 8.95. The van der Waals surface area contributed by atoms with E-state index >= 15 is 0 Å². The average Bonchev–Trinajstić information content (AvgIpc) is 3.58. The van der Waals surface area contributed by atoms with Crippen LogP contribution in [0.3, 0.4) is 0 Å². The molecule has 0 atom stereocenters. The van der Waals surface area contributed by atoms with Gasteiger partial charge in [0.05, 0.1) is 33.3 Å². The monoisotopic (exact) mass is 510 g/mol. The van der Waals surface area contributed by atoms with Crippen LogP contribution in [-0.2, 0) is 0 Å². The Morgan fingerprint density at radius 1 is 0.500 bits per heavy atom. The van der Waals surface area contributed by atoms with E-state index in [1.54, 1.807) is 0 Å². The molecule has 0 saturated heterocycles. The first-order valence-electron chi connectivity index (χ1n) is 13.5. The highest BCUT2D eigenvalue weighted by molar-refractivity contribution is 6.27. The zero-order chi connectivity index (χ0) is 26.2. The molecule has 0 aliphatic carbocycles. The van der Waals surface area contributed by atoms with Crippen molar-refractivity contribution >= 4 is 59.9 Å². The summed E-state index contributed by atoms with van der Waals surface area (Å²) in [5, 5.41) is 7.48. The van der Waals surface area contributed by atoms with E-state index in [1.165, 1.54) is 48.9 Å². The van der Waals surface area contributed by atoms with Gasteiger partial charge >= 0.3 is 0 Å². The summed E-state index contributed by atoms with van der Waals surface area (Å²) in [6.07, 6.45) is 3.63. The van der Waals surface area contributed by atoms with Crippen molar-refractivity contribution in [2.24, 2.45) is 0 Å². The summed E-state index contributed by atoms with van der Waals surface area (Å²) in [7, 11) is 0. The van der Waals surface area contributed by atoms with Crippen LogP contribution in [0.1, 0.15) is 0 Å². The third-order valence-corrected chi connectivity index (χ3v) is 8.18. The van der Waals surface area contributed by atoms with Crippen LogP contribution >= 0.6 is 0 Å². The molecule has 0 N–H and O–H groups in total. The third-order valence-electron chi connectivity index (χ3n) is 8.18. The smallest absolute Gasteiger partial charge is 0.138 e. The van der Waals surface area contributed by atoms with Crippen LogP contribution in [0, 0.1) is 0 Å². The molecule has 0 radical (unpaired) electrons. The molecule has 0 aliphatic heterocycles. The standard InChI is InChI=1S/C36H22N4/c1-5-13-30-24(8-1)22-33-26-10-3-2-9-25(26)27-16-17-32-35(36(27)40(30)33)28-11-4-6-14-31(28)39(32)34-15-7-12-29(38-34)23-18-20-37-21-19-23/h1-22H. The number of nitrogens with zero attached hydrogens (tertiary/aromatic N) is 4. The quantitative estimate of drug-likeness (QED) is 0.218. The molecular weight excluding hydrogens is 488 g/mol. The van der Waals surface area contributed by atoms with E-state index in [9.17, 15) is 0 Å². The minimum absolute atomic E-state index is 0.897. The molecule has 0 saturated carbocycles. The molecule has 4 aromatic carbocycles. The van der Waals surface area contributed by atoms with Crippen molar-refractivity contribution in [3.05, 3.63) is 134 Å². The largest absolute Gasteiger partial charge is 0.308 e. The number of para-hydroxylation sites is 2.